The standard InChI is InChI=1S/C13H16ClNO/c14-12-5-3-11(4-6-12)9-13(16)10-15-7-1-2-8-15/h3-6H,1-2,7-10H2. The predicted molar refractivity (Wildman–Crippen MR) is 65.8 cm³/mol. The van der Waals surface area contributed by atoms with Gasteiger partial charge in [-0.2, -0.15) is 0 Å². The fraction of sp³-hybridized carbons (Fsp3) is 0.462. The van der Waals surface area contributed by atoms with Crippen LogP contribution in [0, 0.1) is 0 Å². The smallest absolute Gasteiger partial charge is 0.151 e. The van der Waals surface area contributed by atoms with E-state index in [0.717, 1.165) is 23.7 Å². The Morgan fingerprint density at radius 1 is 1.19 bits per heavy atom. The zero-order valence-electron chi connectivity index (χ0n) is 9.29. The predicted octanol–water partition coefficient (Wildman–Crippen LogP) is 2.55. The van der Waals surface area contributed by atoms with E-state index in [1.165, 1.54) is 12.8 Å². The van der Waals surface area contributed by atoms with Gasteiger partial charge in [0.05, 0.1) is 6.54 Å². The van der Waals surface area contributed by atoms with Crippen molar-refractivity contribution in [1.29, 1.82) is 0 Å². The summed E-state index contributed by atoms with van der Waals surface area (Å²) in [4.78, 5) is 14.0. The van der Waals surface area contributed by atoms with Crippen LogP contribution < -0.4 is 0 Å². The van der Waals surface area contributed by atoms with Gasteiger partial charge in [-0.25, -0.2) is 0 Å². The summed E-state index contributed by atoms with van der Waals surface area (Å²) in [5, 5.41) is 0.718. The van der Waals surface area contributed by atoms with E-state index in [2.05, 4.69) is 4.90 Å². The average molecular weight is 238 g/mol. The maximum Gasteiger partial charge on any atom is 0.151 e. The van der Waals surface area contributed by atoms with Crippen molar-refractivity contribution >= 4 is 17.4 Å². The Labute approximate surface area is 101 Å². The van der Waals surface area contributed by atoms with Crippen molar-refractivity contribution in [3.63, 3.8) is 0 Å². The molecule has 86 valence electrons. The highest BCUT2D eigenvalue weighted by Crippen LogP contribution is 2.11. The molecule has 1 saturated heterocycles. The zero-order valence-corrected chi connectivity index (χ0v) is 10.0. The van der Waals surface area contributed by atoms with Crippen LogP contribution in [0.15, 0.2) is 24.3 Å². The summed E-state index contributed by atoms with van der Waals surface area (Å²) in [6.45, 7) is 2.75. The third-order valence-corrected chi connectivity index (χ3v) is 3.17. The molecule has 0 N–H and O–H groups in total. The van der Waals surface area contributed by atoms with Crippen LogP contribution in [0.4, 0.5) is 0 Å². The molecule has 0 aliphatic carbocycles. The number of carbonyl (C=O) groups is 1. The van der Waals surface area contributed by atoms with E-state index >= 15 is 0 Å². The molecule has 0 atom stereocenters. The van der Waals surface area contributed by atoms with Crippen molar-refractivity contribution in [1.82, 2.24) is 4.90 Å². The van der Waals surface area contributed by atoms with Gasteiger partial charge in [0.25, 0.3) is 0 Å². The Morgan fingerprint density at radius 2 is 1.81 bits per heavy atom. The van der Waals surface area contributed by atoms with Gasteiger partial charge in [-0.1, -0.05) is 23.7 Å². The van der Waals surface area contributed by atoms with Crippen molar-refractivity contribution in [2.45, 2.75) is 19.3 Å². The normalized spacial score (nSPS) is 16.6. The van der Waals surface area contributed by atoms with Gasteiger partial charge in [-0.3, -0.25) is 9.69 Å². The van der Waals surface area contributed by atoms with E-state index in [0.29, 0.717) is 18.7 Å². The van der Waals surface area contributed by atoms with Crippen molar-refractivity contribution < 1.29 is 4.79 Å². The van der Waals surface area contributed by atoms with Gasteiger partial charge >= 0.3 is 0 Å². The molecule has 2 nitrogen and oxygen atoms in total. The highest BCUT2D eigenvalue weighted by molar-refractivity contribution is 6.30. The van der Waals surface area contributed by atoms with Crippen molar-refractivity contribution in [2.75, 3.05) is 19.6 Å². The third-order valence-electron chi connectivity index (χ3n) is 2.91. The molecule has 0 radical (unpaired) electrons. The molecule has 0 aromatic heterocycles. The number of halogens is 1. The maximum absolute atomic E-state index is 11.8. The van der Waals surface area contributed by atoms with Gasteiger partial charge < -0.3 is 0 Å². The lowest BCUT2D eigenvalue weighted by Gasteiger charge is -2.13. The van der Waals surface area contributed by atoms with Crippen LogP contribution in [0.2, 0.25) is 5.02 Å². The molecular formula is C13H16ClNO. The zero-order chi connectivity index (χ0) is 11.4. The second kappa shape index (κ2) is 5.46. The number of hydrogen-bond acceptors (Lipinski definition) is 2. The SMILES string of the molecule is O=C(Cc1ccc(Cl)cc1)CN1CCCC1. The summed E-state index contributed by atoms with van der Waals surface area (Å²) >= 11 is 5.79. The van der Waals surface area contributed by atoms with Crippen molar-refractivity contribution in [3.8, 4) is 0 Å². The number of rotatable bonds is 4. The first kappa shape index (κ1) is 11.6. The Morgan fingerprint density at radius 3 is 2.44 bits per heavy atom. The summed E-state index contributed by atoms with van der Waals surface area (Å²) in [5.74, 6) is 0.296. The molecule has 3 heteroatoms. The number of Topliss-reactive ketones (excluding diaryl/α,β-unsaturated/α-hetero) is 1. The monoisotopic (exact) mass is 237 g/mol. The molecule has 1 aliphatic rings. The Bertz CT molecular complexity index is 355. The fourth-order valence-electron chi connectivity index (χ4n) is 2.08. The first-order chi connectivity index (χ1) is 7.74. The van der Waals surface area contributed by atoms with Gasteiger partial charge in [-0.05, 0) is 43.6 Å². The molecule has 1 aromatic rings. The number of hydrogen-bond donors (Lipinski definition) is 0. The first-order valence-electron chi connectivity index (χ1n) is 5.72. The Kier molecular flexibility index (Phi) is 3.97. The van der Waals surface area contributed by atoms with E-state index in [4.69, 9.17) is 11.6 Å². The van der Waals surface area contributed by atoms with Crippen LogP contribution in [-0.4, -0.2) is 30.3 Å². The quantitative estimate of drug-likeness (QED) is 0.802. The lowest BCUT2D eigenvalue weighted by Crippen LogP contribution is -2.27. The molecule has 1 aromatic carbocycles. The molecule has 0 saturated carbocycles. The van der Waals surface area contributed by atoms with E-state index in [-0.39, 0.29) is 0 Å². The van der Waals surface area contributed by atoms with Crippen LogP contribution >= 0.6 is 11.6 Å². The third kappa shape index (κ3) is 3.32. The van der Waals surface area contributed by atoms with Gasteiger partial charge in [-0.15, -0.1) is 0 Å². The van der Waals surface area contributed by atoms with E-state index < -0.39 is 0 Å². The number of carbonyl (C=O) groups excluding carboxylic acids is 1. The Hall–Kier alpha value is -0.860. The molecule has 0 unspecified atom stereocenters. The summed E-state index contributed by atoms with van der Waals surface area (Å²) < 4.78 is 0. The Balaban J connectivity index is 1.84. The van der Waals surface area contributed by atoms with E-state index in [1.54, 1.807) is 0 Å². The van der Waals surface area contributed by atoms with Gasteiger partial charge in [0.2, 0.25) is 0 Å². The molecule has 0 amide bonds. The summed E-state index contributed by atoms with van der Waals surface area (Å²) in [6.07, 6.45) is 2.98. The first-order valence-corrected chi connectivity index (χ1v) is 6.10. The number of ketones is 1. The minimum atomic E-state index is 0.296. The van der Waals surface area contributed by atoms with Crippen LogP contribution in [-0.2, 0) is 11.2 Å². The molecule has 0 spiro atoms. The van der Waals surface area contributed by atoms with Gasteiger partial charge in [0, 0.05) is 11.4 Å². The minimum absolute atomic E-state index is 0.296. The van der Waals surface area contributed by atoms with Crippen LogP contribution in [0.3, 0.4) is 0 Å². The number of benzene rings is 1. The highest BCUT2D eigenvalue weighted by Gasteiger charge is 2.14. The second-order valence-corrected chi connectivity index (χ2v) is 4.76. The summed E-state index contributed by atoms with van der Waals surface area (Å²) in [7, 11) is 0. The van der Waals surface area contributed by atoms with Crippen molar-refractivity contribution in [2.24, 2.45) is 0 Å². The maximum atomic E-state index is 11.8. The second-order valence-electron chi connectivity index (χ2n) is 4.33. The van der Waals surface area contributed by atoms with Gasteiger partial charge in [0.1, 0.15) is 0 Å². The topological polar surface area (TPSA) is 20.3 Å². The van der Waals surface area contributed by atoms with E-state index in [9.17, 15) is 4.79 Å². The molecule has 1 heterocycles. The van der Waals surface area contributed by atoms with Crippen LogP contribution in [0.1, 0.15) is 18.4 Å². The van der Waals surface area contributed by atoms with Gasteiger partial charge in [0.15, 0.2) is 5.78 Å². The highest BCUT2D eigenvalue weighted by atomic mass is 35.5. The average Bonchev–Trinajstić information content (AvgIpc) is 2.74. The molecule has 1 fully saturated rings. The number of nitrogens with zero attached hydrogens (tertiary/aromatic N) is 1. The number of likely N-dealkylation sites (tertiary alicyclic amines) is 1. The lowest BCUT2D eigenvalue weighted by molar-refractivity contribution is -0.119. The molecular weight excluding hydrogens is 222 g/mol. The molecule has 1 aliphatic heterocycles. The summed E-state index contributed by atoms with van der Waals surface area (Å²) in [5.41, 5.74) is 1.05. The largest absolute Gasteiger partial charge is 0.298 e. The van der Waals surface area contributed by atoms with Crippen LogP contribution in [0.5, 0.6) is 0 Å². The molecule has 2 rings (SSSR count). The van der Waals surface area contributed by atoms with Crippen molar-refractivity contribution in [3.05, 3.63) is 34.9 Å². The molecule has 16 heavy (non-hydrogen) atoms. The van der Waals surface area contributed by atoms with E-state index in [1.807, 2.05) is 24.3 Å². The molecule has 0 bridgehead atoms. The minimum Gasteiger partial charge on any atom is -0.298 e. The summed E-state index contributed by atoms with van der Waals surface area (Å²) in [6, 6.07) is 7.51. The van der Waals surface area contributed by atoms with Crippen LogP contribution in [0.25, 0.3) is 0 Å². The fourth-order valence-corrected chi connectivity index (χ4v) is 2.20. The lowest BCUT2D eigenvalue weighted by atomic mass is 10.1.